The van der Waals surface area contributed by atoms with Crippen molar-refractivity contribution in [2.45, 2.75) is 18.8 Å². The molecule has 0 bridgehead atoms. The Bertz CT molecular complexity index is 2060. The zero-order chi connectivity index (χ0) is 32.6. The van der Waals surface area contributed by atoms with Crippen LogP contribution < -0.4 is 9.80 Å². The molecule has 47 heavy (non-hydrogen) atoms. The highest BCUT2D eigenvalue weighted by Crippen LogP contribution is 2.60. The molecular formula is C40H32N2O5. The average Bonchev–Trinajstić information content (AvgIpc) is 3.51. The van der Waals surface area contributed by atoms with Crippen LogP contribution in [0.3, 0.4) is 0 Å². The average molecular weight is 621 g/mol. The smallest absolute Gasteiger partial charge is 0.238 e. The largest absolute Gasteiger partial charge is 0.508 e. The number of benzene rings is 4. The Hall–Kier alpha value is -5.56. The Kier molecular flexibility index (Phi) is 6.62. The molecule has 4 aliphatic rings. The number of hydrogen-bond acceptors (Lipinski definition) is 5. The monoisotopic (exact) mass is 620 g/mol. The molecule has 0 spiro atoms. The maximum atomic E-state index is 14.5. The number of imide groups is 2. The molecule has 7 nitrogen and oxygen atoms in total. The van der Waals surface area contributed by atoms with Gasteiger partial charge >= 0.3 is 0 Å². The lowest BCUT2D eigenvalue weighted by Crippen LogP contribution is -2.43. The molecule has 1 saturated carbocycles. The number of carbonyl (C=O) groups is 4. The van der Waals surface area contributed by atoms with Gasteiger partial charge < -0.3 is 5.11 Å². The second-order valence-electron chi connectivity index (χ2n) is 12.9. The molecular weight excluding hydrogens is 588 g/mol. The van der Waals surface area contributed by atoms with Gasteiger partial charge in [-0.3, -0.25) is 29.0 Å². The highest BCUT2D eigenvalue weighted by atomic mass is 16.3. The van der Waals surface area contributed by atoms with Gasteiger partial charge in [0, 0.05) is 11.5 Å². The molecule has 232 valence electrons. The number of hydrogen-bond donors (Lipinski definition) is 1. The summed E-state index contributed by atoms with van der Waals surface area (Å²) in [7, 11) is 0. The summed E-state index contributed by atoms with van der Waals surface area (Å²) < 4.78 is 0. The number of anilines is 2. The SMILES string of the molecule is C=Cc1ccc(N2C(=O)C3CC=C4C(CC5C(=O)N(c6ccc(C=C)cc6)C(=O)C5C4c4c(O)ccc5ccccc45)C3C2=O)cc1. The third-order valence-electron chi connectivity index (χ3n) is 10.7. The van der Waals surface area contributed by atoms with Gasteiger partial charge in [-0.1, -0.05) is 91.6 Å². The van der Waals surface area contributed by atoms with Gasteiger partial charge in [0.25, 0.3) is 0 Å². The Balaban J connectivity index is 1.27. The number of carbonyl (C=O) groups excluding carboxylic acids is 4. The van der Waals surface area contributed by atoms with Crippen LogP contribution in [0.5, 0.6) is 5.75 Å². The Morgan fingerprint density at radius 2 is 1.21 bits per heavy atom. The number of phenols is 1. The molecule has 2 aliphatic carbocycles. The summed E-state index contributed by atoms with van der Waals surface area (Å²) in [6, 6.07) is 25.4. The van der Waals surface area contributed by atoms with E-state index < -0.39 is 35.5 Å². The molecule has 2 heterocycles. The van der Waals surface area contributed by atoms with Crippen LogP contribution in [0.25, 0.3) is 22.9 Å². The van der Waals surface area contributed by atoms with Gasteiger partial charge in [0.15, 0.2) is 0 Å². The van der Waals surface area contributed by atoms with Crippen molar-refractivity contribution in [1.82, 2.24) is 0 Å². The first-order chi connectivity index (χ1) is 22.8. The van der Waals surface area contributed by atoms with Crippen LogP contribution in [0.1, 0.15) is 35.4 Å². The van der Waals surface area contributed by atoms with Crippen LogP contribution in [-0.4, -0.2) is 28.7 Å². The molecule has 4 aromatic rings. The Labute approximate surface area is 272 Å². The molecule has 0 aromatic heterocycles. The van der Waals surface area contributed by atoms with E-state index in [1.165, 1.54) is 9.80 Å². The highest BCUT2D eigenvalue weighted by Gasteiger charge is 2.62. The van der Waals surface area contributed by atoms with Gasteiger partial charge in [0.2, 0.25) is 23.6 Å². The van der Waals surface area contributed by atoms with E-state index in [4.69, 9.17) is 0 Å². The lowest BCUT2D eigenvalue weighted by molar-refractivity contribution is -0.126. The van der Waals surface area contributed by atoms with Crippen LogP contribution in [0.15, 0.2) is 110 Å². The van der Waals surface area contributed by atoms with Crippen LogP contribution in [0.4, 0.5) is 11.4 Å². The van der Waals surface area contributed by atoms with E-state index in [0.29, 0.717) is 23.4 Å². The van der Waals surface area contributed by atoms with E-state index >= 15 is 0 Å². The minimum absolute atomic E-state index is 0.0305. The molecule has 6 unspecified atom stereocenters. The number of rotatable bonds is 5. The predicted octanol–water partition coefficient (Wildman–Crippen LogP) is 6.88. The van der Waals surface area contributed by atoms with E-state index in [0.717, 1.165) is 27.5 Å². The number of allylic oxidation sites excluding steroid dienone is 2. The van der Waals surface area contributed by atoms with Crippen molar-refractivity contribution in [1.29, 1.82) is 0 Å². The third kappa shape index (κ3) is 4.19. The Morgan fingerprint density at radius 3 is 1.83 bits per heavy atom. The van der Waals surface area contributed by atoms with E-state index in [9.17, 15) is 24.3 Å². The minimum atomic E-state index is -0.785. The normalized spacial score (nSPS) is 26.6. The molecule has 2 aliphatic heterocycles. The van der Waals surface area contributed by atoms with E-state index in [1.54, 1.807) is 42.5 Å². The van der Waals surface area contributed by atoms with Crippen molar-refractivity contribution in [3.05, 3.63) is 126 Å². The van der Waals surface area contributed by atoms with Gasteiger partial charge in [-0.25, -0.2) is 0 Å². The second kappa shape index (κ2) is 10.8. The summed E-state index contributed by atoms with van der Waals surface area (Å²) in [6.07, 6.45) is 5.99. The first-order valence-electron chi connectivity index (χ1n) is 15.9. The fourth-order valence-corrected chi connectivity index (χ4v) is 8.55. The topological polar surface area (TPSA) is 95.0 Å². The van der Waals surface area contributed by atoms with Gasteiger partial charge in [-0.15, -0.1) is 0 Å². The van der Waals surface area contributed by atoms with Gasteiger partial charge in [-0.05, 0) is 71.0 Å². The number of nitrogens with zero attached hydrogens (tertiary/aromatic N) is 2. The lowest BCUT2D eigenvalue weighted by Gasteiger charge is -2.44. The van der Waals surface area contributed by atoms with Gasteiger partial charge in [0.1, 0.15) is 5.75 Å². The maximum absolute atomic E-state index is 14.5. The highest BCUT2D eigenvalue weighted by molar-refractivity contribution is 6.24. The summed E-state index contributed by atoms with van der Waals surface area (Å²) in [4.78, 5) is 59.5. The molecule has 3 fully saturated rings. The van der Waals surface area contributed by atoms with E-state index in [2.05, 4.69) is 13.2 Å². The van der Waals surface area contributed by atoms with E-state index in [-0.39, 0.29) is 35.8 Å². The van der Waals surface area contributed by atoms with Crippen LogP contribution in [0.2, 0.25) is 0 Å². The molecule has 0 radical (unpaired) electrons. The number of aromatic hydroxyl groups is 1. The molecule has 6 atom stereocenters. The molecule has 2 saturated heterocycles. The molecule has 4 amide bonds. The first kappa shape index (κ1) is 28.9. The quantitative estimate of drug-likeness (QED) is 0.194. The molecule has 7 heteroatoms. The minimum Gasteiger partial charge on any atom is -0.508 e. The molecule has 1 N–H and O–H groups in total. The standard InChI is InChI=1S/C40H32N2O5/c1-3-22-9-14-25(15-10-22)41-37(44)29-19-18-28-30(33(29)39(41)46)21-31-36(35(28)34-27-8-6-5-7-24(27)13-20-32(34)43)40(47)42(38(31)45)26-16-11-23(4-2)12-17-26/h3-18,20,29-31,33,35-36,43H,1-2,19,21H2. The predicted molar refractivity (Wildman–Crippen MR) is 181 cm³/mol. The zero-order valence-corrected chi connectivity index (χ0v) is 25.6. The Morgan fingerprint density at radius 1 is 0.638 bits per heavy atom. The summed E-state index contributed by atoms with van der Waals surface area (Å²) in [5.41, 5.74) is 4.12. The van der Waals surface area contributed by atoms with Crippen molar-refractivity contribution in [3.63, 3.8) is 0 Å². The summed E-state index contributed by atoms with van der Waals surface area (Å²) in [5.74, 6) is -5.11. The number of amides is 4. The lowest BCUT2D eigenvalue weighted by atomic mass is 9.56. The summed E-state index contributed by atoms with van der Waals surface area (Å²) >= 11 is 0. The van der Waals surface area contributed by atoms with Gasteiger partial charge in [-0.2, -0.15) is 0 Å². The fourth-order valence-electron chi connectivity index (χ4n) is 8.55. The number of fused-ring (bicyclic) bond motifs is 5. The van der Waals surface area contributed by atoms with Crippen LogP contribution in [-0.2, 0) is 19.2 Å². The third-order valence-corrected chi connectivity index (χ3v) is 10.7. The van der Waals surface area contributed by atoms with Crippen LogP contribution >= 0.6 is 0 Å². The molecule has 8 rings (SSSR count). The summed E-state index contributed by atoms with van der Waals surface area (Å²) in [5, 5.41) is 13.2. The van der Waals surface area contributed by atoms with Crippen molar-refractivity contribution in [2.75, 3.05) is 9.80 Å². The maximum Gasteiger partial charge on any atom is 0.238 e. The summed E-state index contributed by atoms with van der Waals surface area (Å²) in [6.45, 7) is 7.59. The first-order valence-corrected chi connectivity index (χ1v) is 15.9. The van der Waals surface area contributed by atoms with Crippen molar-refractivity contribution in [2.24, 2.45) is 29.6 Å². The zero-order valence-electron chi connectivity index (χ0n) is 25.6. The van der Waals surface area contributed by atoms with E-state index in [1.807, 2.05) is 60.7 Å². The number of phenolic OH excluding ortho intramolecular Hbond substituents is 1. The van der Waals surface area contributed by atoms with Crippen molar-refractivity contribution in [3.8, 4) is 5.75 Å². The van der Waals surface area contributed by atoms with Crippen LogP contribution in [0, 0.1) is 29.6 Å². The molecule has 4 aromatic carbocycles. The second-order valence-corrected chi connectivity index (χ2v) is 12.9. The van der Waals surface area contributed by atoms with Crippen molar-refractivity contribution >= 4 is 57.9 Å². The van der Waals surface area contributed by atoms with Crippen molar-refractivity contribution < 1.29 is 24.3 Å². The fraction of sp³-hybridized carbons (Fsp3) is 0.200. The van der Waals surface area contributed by atoms with Gasteiger partial charge in [0.05, 0.1) is 35.0 Å².